The summed E-state index contributed by atoms with van der Waals surface area (Å²) in [7, 11) is 0. The van der Waals surface area contributed by atoms with E-state index in [1.54, 1.807) is 51.1 Å². The van der Waals surface area contributed by atoms with Crippen LogP contribution in [0.5, 0.6) is 0 Å². The number of hydrogen-bond donors (Lipinski definition) is 1. The Morgan fingerprint density at radius 3 is 2.27 bits per heavy atom. The van der Waals surface area contributed by atoms with E-state index in [-0.39, 0.29) is 12.3 Å². The molecule has 1 rings (SSSR count). The first-order valence-electron chi connectivity index (χ1n) is 6.89. The first-order valence-corrected chi connectivity index (χ1v) is 7.43. The zero-order valence-electron chi connectivity index (χ0n) is 12.9. The molecule has 0 bridgehead atoms. The van der Waals surface area contributed by atoms with Crippen molar-refractivity contribution < 1.29 is 19.1 Å². The van der Waals surface area contributed by atoms with Crippen LogP contribution in [0.3, 0.4) is 0 Å². The quantitative estimate of drug-likeness (QED) is 0.643. The highest BCUT2D eigenvalue weighted by atomic mass is 35.5. The van der Waals surface area contributed by atoms with Crippen molar-refractivity contribution in [3.63, 3.8) is 0 Å². The molecule has 0 radical (unpaired) electrons. The van der Waals surface area contributed by atoms with Crippen molar-refractivity contribution in [3.05, 3.63) is 35.9 Å². The molecule has 1 aromatic rings. The molecular weight excluding hydrogens is 306 g/mol. The molecule has 0 aromatic heterocycles. The normalized spacial score (nSPS) is 12.4. The van der Waals surface area contributed by atoms with Gasteiger partial charge in [0.25, 0.3) is 5.91 Å². The highest BCUT2D eigenvalue weighted by molar-refractivity contribution is 6.28. The van der Waals surface area contributed by atoms with E-state index in [0.29, 0.717) is 5.56 Å². The molecule has 120 valence electrons. The van der Waals surface area contributed by atoms with Crippen LogP contribution >= 0.6 is 11.6 Å². The number of carbonyl (C=O) groups is 3. The van der Waals surface area contributed by atoms with Crippen molar-refractivity contribution in [1.29, 1.82) is 0 Å². The minimum absolute atomic E-state index is 0.249. The van der Waals surface area contributed by atoms with E-state index in [9.17, 15) is 14.4 Å². The van der Waals surface area contributed by atoms with E-state index in [0.717, 1.165) is 0 Å². The number of halogens is 1. The predicted molar refractivity (Wildman–Crippen MR) is 83.9 cm³/mol. The van der Waals surface area contributed by atoms with Crippen LogP contribution in [-0.2, 0) is 14.3 Å². The maximum Gasteiger partial charge on any atom is 0.308 e. The summed E-state index contributed by atoms with van der Waals surface area (Å²) in [6, 6.07) is 7.43. The van der Waals surface area contributed by atoms with E-state index in [4.69, 9.17) is 16.3 Å². The molecule has 1 unspecified atom stereocenters. The molecule has 1 amide bonds. The first kappa shape index (κ1) is 18.2. The Kier molecular flexibility index (Phi) is 6.56. The number of esters is 1. The van der Waals surface area contributed by atoms with Crippen molar-refractivity contribution in [2.24, 2.45) is 0 Å². The summed E-state index contributed by atoms with van der Waals surface area (Å²) in [5, 5.41) is 2.53. The monoisotopic (exact) mass is 325 g/mol. The number of benzene rings is 1. The molecular formula is C16H20ClNO4. The third kappa shape index (κ3) is 6.26. The number of amides is 1. The van der Waals surface area contributed by atoms with Gasteiger partial charge in [0, 0.05) is 5.56 Å². The van der Waals surface area contributed by atoms with Gasteiger partial charge < -0.3 is 10.1 Å². The Morgan fingerprint density at radius 1 is 1.18 bits per heavy atom. The van der Waals surface area contributed by atoms with Crippen molar-refractivity contribution >= 4 is 29.3 Å². The average Bonchev–Trinajstić information content (AvgIpc) is 2.44. The minimum Gasteiger partial charge on any atom is -0.460 e. The molecule has 1 aromatic carbocycles. The second kappa shape index (κ2) is 7.94. The lowest BCUT2D eigenvalue weighted by atomic mass is 10.1. The number of ether oxygens (including phenoxy) is 1. The van der Waals surface area contributed by atoms with Gasteiger partial charge in [0.05, 0.1) is 18.3 Å². The Balaban J connectivity index is 2.75. The fourth-order valence-electron chi connectivity index (χ4n) is 1.72. The lowest BCUT2D eigenvalue weighted by molar-refractivity contribution is -0.156. The van der Waals surface area contributed by atoms with Crippen molar-refractivity contribution in [2.45, 2.75) is 38.8 Å². The summed E-state index contributed by atoms with van der Waals surface area (Å²) in [5.41, 5.74) is -0.256. The molecule has 1 atom stereocenters. The average molecular weight is 326 g/mol. The van der Waals surface area contributed by atoms with E-state index in [1.165, 1.54) is 0 Å². The molecule has 5 nitrogen and oxygen atoms in total. The van der Waals surface area contributed by atoms with Crippen LogP contribution < -0.4 is 5.32 Å². The second-order valence-electron chi connectivity index (χ2n) is 5.78. The SMILES string of the molecule is CC(C)(C)OC(=O)CC(NC(=O)c1ccccc1)C(=O)CCl. The fraction of sp³-hybridized carbons (Fsp3) is 0.438. The van der Waals surface area contributed by atoms with Gasteiger partial charge in [-0.3, -0.25) is 14.4 Å². The predicted octanol–water partition coefficient (Wildman–Crippen LogP) is 2.32. The van der Waals surface area contributed by atoms with Gasteiger partial charge in [-0.15, -0.1) is 11.6 Å². The van der Waals surface area contributed by atoms with Gasteiger partial charge >= 0.3 is 5.97 Å². The lowest BCUT2D eigenvalue weighted by Gasteiger charge is -2.22. The third-order valence-corrected chi connectivity index (χ3v) is 2.92. The zero-order chi connectivity index (χ0) is 16.8. The smallest absolute Gasteiger partial charge is 0.308 e. The van der Waals surface area contributed by atoms with Gasteiger partial charge in [-0.1, -0.05) is 18.2 Å². The Hall–Kier alpha value is -1.88. The van der Waals surface area contributed by atoms with E-state index < -0.39 is 29.3 Å². The first-order chi connectivity index (χ1) is 10.2. The standard InChI is InChI=1S/C16H20ClNO4/c1-16(2,3)22-14(20)9-12(13(19)10-17)18-15(21)11-7-5-4-6-8-11/h4-8,12H,9-10H2,1-3H3,(H,18,21). The molecule has 22 heavy (non-hydrogen) atoms. The van der Waals surface area contributed by atoms with Gasteiger partial charge in [0.2, 0.25) is 0 Å². The maximum absolute atomic E-state index is 12.1. The molecule has 0 aliphatic carbocycles. The second-order valence-corrected chi connectivity index (χ2v) is 6.05. The number of ketones is 1. The largest absolute Gasteiger partial charge is 0.460 e. The van der Waals surface area contributed by atoms with Gasteiger partial charge in [0.15, 0.2) is 5.78 Å². The molecule has 0 heterocycles. The van der Waals surface area contributed by atoms with E-state index >= 15 is 0 Å². The fourth-order valence-corrected chi connectivity index (χ4v) is 1.91. The molecule has 6 heteroatoms. The zero-order valence-corrected chi connectivity index (χ0v) is 13.6. The van der Waals surface area contributed by atoms with Gasteiger partial charge in [-0.2, -0.15) is 0 Å². The lowest BCUT2D eigenvalue weighted by Crippen LogP contribution is -2.43. The van der Waals surface area contributed by atoms with Gasteiger partial charge in [-0.25, -0.2) is 0 Å². The van der Waals surface area contributed by atoms with E-state index in [2.05, 4.69) is 5.32 Å². The van der Waals surface area contributed by atoms with Crippen LogP contribution in [0.1, 0.15) is 37.6 Å². The number of nitrogens with one attached hydrogen (secondary N) is 1. The molecule has 0 spiro atoms. The third-order valence-electron chi connectivity index (χ3n) is 2.65. The number of Topliss-reactive ketones (excluding diaryl/α,β-unsaturated/α-hetero) is 1. The Labute approximate surface area is 135 Å². The Bertz CT molecular complexity index is 537. The van der Waals surface area contributed by atoms with Crippen LogP contribution in [0.4, 0.5) is 0 Å². The summed E-state index contributed by atoms with van der Waals surface area (Å²) < 4.78 is 5.16. The summed E-state index contributed by atoms with van der Waals surface area (Å²) in [6.07, 6.45) is -0.249. The Morgan fingerprint density at radius 2 is 1.77 bits per heavy atom. The van der Waals surface area contributed by atoms with Crippen molar-refractivity contribution in [2.75, 3.05) is 5.88 Å². The molecule has 0 fully saturated rings. The molecule has 0 aliphatic rings. The maximum atomic E-state index is 12.1. The molecule has 0 aliphatic heterocycles. The minimum atomic E-state index is -1.000. The van der Waals surface area contributed by atoms with Crippen LogP contribution in [0.25, 0.3) is 0 Å². The van der Waals surface area contributed by atoms with Gasteiger partial charge in [0.1, 0.15) is 5.60 Å². The van der Waals surface area contributed by atoms with Crippen LogP contribution in [0.15, 0.2) is 30.3 Å². The molecule has 0 saturated carbocycles. The topological polar surface area (TPSA) is 72.5 Å². The van der Waals surface area contributed by atoms with Crippen molar-refractivity contribution in [3.8, 4) is 0 Å². The van der Waals surface area contributed by atoms with Crippen LogP contribution in [0, 0.1) is 0 Å². The highest BCUT2D eigenvalue weighted by Gasteiger charge is 2.26. The van der Waals surface area contributed by atoms with Gasteiger partial charge in [-0.05, 0) is 32.9 Å². The summed E-state index contributed by atoms with van der Waals surface area (Å²) >= 11 is 5.54. The summed E-state index contributed by atoms with van der Waals surface area (Å²) in [4.78, 5) is 35.7. The molecule has 1 N–H and O–H groups in total. The van der Waals surface area contributed by atoms with E-state index in [1.807, 2.05) is 0 Å². The number of carbonyl (C=O) groups excluding carboxylic acids is 3. The van der Waals surface area contributed by atoms with Crippen LogP contribution in [0.2, 0.25) is 0 Å². The summed E-state index contributed by atoms with van der Waals surface area (Å²) in [5.74, 6) is -1.73. The highest BCUT2D eigenvalue weighted by Crippen LogP contribution is 2.10. The number of alkyl halides is 1. The number of hydrogen-bond acceptors (Lipinski definition) is 4. The van der Waals surface area contributed by atoms with Crippen molar-refractivity contribution in [1.82, 2.24) is 5.32 Å². The number of rotatable bonds is 6. The summed E-state index contributed by atoms with van der Waals surface area (Å²) in [6.45, 7) is 5.18. The molecule has 0 saturated heterocycles. The van der Waals surface area contributed by atoms with Crippen LogP contribution in [-0.4, -0.2) is 35.2 Å².